The van der Waals surface area contributed by atoms with Gasteiger partial charge in [-0.05, 0) is 41.8 Å². The lowest BCUT2D eigenvalue weighted by atomic mass is 9.99. The van der Waals surface area contributed by atoms with Crippen molar-refractivity contribution in [1.29, 1.82) is 0 Å². The molecule has 0 saturated carbocycles. The zero-order valence-corrected chi connectivity index (χ0v) is 16.7. The van der Waals surface area contributed by atoms with Gasteiger partial charge in [0.2, 0.25) is 11.9 Å². The highest BCUT2D eigenvalue weighted by Crippen LogP contribution is 2.26. The van der Waals surface area contributed by atoms with E-state index in [-0.39, 0.29) is 11.7 Å². The van der Waals surface area contributed by atoms with Crippen LogP contribution in [0.2, 0.25) is 0 Å². The minimum atomic E-state index is 0.176. The number of hydrogen-bond acceptors (Lipinski definition) is 8. The third kappa shape index (κ3) is 4.66. The molecule has 0 spiro atoms. The highest BCUT2D eigenvalue weighted by Gasteiger charge is 2.16. The Morgan fingerprint density at radius 1 is 1.10 bits per heavy atom. The minimum Gasteiger partial charge on any atom is -0.508 e. The van der Waals surface area contributed by atoms with Gasteiger partial charge >= 0.3 is 0 Å². The number of aromatic hydroxyl groups is 1. The quantitative estimate of drug-likeness (QED) is 0.575. The van der Waals surface area contributed by atoms with Gasteiger partial charge in [0.1, 0.15) is 17.3 Å². The Balaban J connectivity index is 1.44. The summed E-state index contributed by atoms with van der Waals surface area (Å²) in [4.78, 5) is 15.3. The zero-order chi connectivity index (χ0) is 20.9. The van der Waals surface area contributed by atoms with Crippen molar-refractivity contribution in [2.24, 2.45) is 0 Å². The summed E-state index contributed by atoms with van der Waals surface area (Å²) in [6.45, 7) is 2.25. The summed E-state index contributed by atoms with van der Waals surface area (Å²) in [7, 11) is 1.62. The Morgan fingerprint density at radius 3 is 2.63 bits per heavy atom. The van der Waals surface area contributed by atoms with Gasteiger partial charge in [-0.2, -0.15) is 15.0 Å². The summed E-state index contributed by atoms with van der Waals surface area (Å²) in [5, 5.41) is 12.6. The molecule has 2 heterocycles. The molecule has 0 saturated heterocycles. The van der Waals surface area contributed by atoms with Gasteiger partial charge in [-0.3, -0.25) is 4.90 Å². The van der Waals surface area contributed by atoms with Crippen molar-refractivity contribution in [3.63, 3.8) is 0 Å². The molecule has 0 amide bonds. The fraction of sp³-hybridized carbons (Fsp3) is 0.227. The van der Waals surface area contributed by atoms with E-state index in [0.717, 1.165) is 30.8 Å². The van der Waals surface area contributed by atoms with Crippen LogP contribution in [0.4, 0.5) is 17.6 Å². The number of nitrogens with two attached hydrogens (primary N) is 1. The van der Waals surface area contributed by atoms with Crippen molar-refractivity contribution in [2.45, 2.75) is 13.0 Å². The lowest BCUT2D eigenvalue weighted by Gasteiger charge is -2.26. The van der Waals surface area contributed by atoms with Gasteiger partial charge in [-0.25, -0.2) is 0 Å². The second-order valence-corrected chi connectivity index (χ2v) is 7.02. The van der Waals surface area contributed by atoms with Crippen LogP contribution in [-0.2, 0) is 6.54 Å². The molecule has 0 bridgehead atoms. The lowest BCUT2D eigenvalue weighted by molar-refractivity contribution is 0.286. The molecule has 4 rings (SSSR count). The van der Waals surface area contributed by atoms with Crippen molar-refractivity contribution < 1.29 is 9.84 Å². The monoisotopic (exact) mass is 404 g/mol. The molecular weight excluding hydrogens is 380 g/mol. The van der Waals surface area contributed by atoms with Crippen molar-refractivity contribution in [3.8, 4) is 11.5 Å². The van der Waals surface area contributed by atoms with Crippen LogP contribution in [0.25, 0.3) is 5.57 Å². The van der Waals surface area contributed by atoms with E-state index in [1.54, 1.807) is 19.2 Å². The molecule has 0 fully saturated rings. The molecule has 8 nitrogen and oxygen atoms in total. The average molecular weight is 404 g/mol. The van der Waals surface area contributed by atoms with E-state index in [0.29, 0.717) is 24.1 Å². The first-order chi connectivity index (χ1) is 14.6. The third-order valence-electron chi connectivity index (χ3n) is 4.95. The first kappa shape index (κ1) is 19.7. The first-order valence-electron chi connectivity index (χ1n) is 9.72. The predicted molar refractivity (Wildman–Crippen MR) is 116 cm³/mol. The van der Waals surface area contributed by atoms with Crippen LogP contribution in [0, 0.1) is 0 Å². The van der Waals surface area contributed by atoms with E-state index in [4.69, 9.17) is 10.5 Å². The summed E-state index contributed by atoms with van der Waals surface area (Å²) in [6, 6.07) is 14.9. The van der Waals surface area contributed by atoms with E-state index in [9.17, 15) is 5.11 Å². The van der Waals surface area contributed by atoms with Gasteiger partial charge in [0.05, 0.1) is 19.3 Å². The molecule has 0 radical (unpaired) electrons. The molecule has 0 atom stereocenters. The molecule has 4 N–H and O–H groups in total. The van der Waals surface area contributed by atoms with Gasteiger partial charge in [0, 0.05) is 13.1 Å². The van der Waals surface area contributed by atoms with Crippen LogP contribution in [0.15, 0.2) is 54.6 Å². The maximum atomic E-state index is 9.46. The second-order valence-electron chi connectivity index (χ2n) is 7.02. The highest BCUT2D eigenvalue weighted by atomic mass is 16.5. The summed E-state index contributed by atoms with van der Waals surface area (Å²) >= 11 is 0. The maximum Gasteiger partial charge on any atom is 0.232 e. The Hall–Kier alpha value is -3.65. The van der Waals surface area contributed by atoms with Crippen LogP contribution in [0.1, 0.15) is 17.8 Å². The van der Waals surface area contributed by atoms with Crippen molar-refractivity contribution >= 4 is 23.2 Å². The number of benzene rings is 2. The standard InChI is InChI=1S/C22H24N6O2/c1-30-19-5-3-2-4-18(19)24-22-26-20(25-21(23)27-22)14-28-12-10-16(11-13-28)15-6-8-17(29)9-7-15/h2-10,29H,11-14H2,1H3,(H3,23,24,25,26,27). The Bertz CT molecular complexity index is 1050. The number of para-hydroxylation sites is 2. The van der Waals surface area contributed by atoms with Crippen LogP contribution in [0.5, 0.6) is 11.5 Å². The molecule has 30 heavy (non-hydrogen) atoms. The molecule has 3 aromatic rings. The van der Waals surface area contributed by atoms with Gasteiger partial charge in [0.15, 0.2) is 0 Å². The van der Waals surface area contributed by atoms with E-state index in [1.807, 2.05) is 36.4 Å². The molecule has 1 aliphatic heterocycles. The predicted octanol–water partition coefficient (Wildman–Crippen LogP) is 3.20. The number of hydrogen-bond donors (Lipinski definition) is 3. The van der Waals surface area contributed by atoms with E-state index in [1.165, 1.54) is 5.57 Å². The molecule has 154 valence electrons. The van der Waals surface area contributed by atoms with Crippen LogP contribution in [-0.4, -0.2) is 45.2 Å². The number of nitrogens with zero attached hydrogens (tertiary/aromatic N) is 4. The first-order valence-corrected chi connectivity index (χ1v) is 9.72. The van der Waals surface area contributed by atoms with Gasteiger partial charge in [-0.1, -0.05) is 30.3 Å². The third-order valence-corrected chi connectivity index (χ3v) is 4.95. The minimum absolute atomic E-state index is 0.176. The molecule has 0 unspecified atom stereocenters. The van der Waals surface area contributed by atoms with Crippen LogP contribution >= 0.6 is 0 Å². The molecule has 1 aliphatic rings. The summed E-state index contributed by atoms with van der Waals surface area (Å²) in [5.74, 6) is 2.15. The molecule has 2 aromatic carbocycles. The van der Waals surface area contributed by atoms with E-state index < -0.39 is 0 Å². The molecular formula is C22H24N6O2. The number of nitrogen functional groups attached to an aromatic ring is 1. The normalized spacial score (nSPS) is 14.2. The average Bonchev–Trinajstić information content (AvgIpc) is 2.75. The Morgan fingerprint density at radius 2 is 1.90 bits per heavy atom. The van der Waals surface area contributed by atoms with Gasteiger partial charge < -0.3 is 20.9 Å². The number of ether oxygens (including phenoxy) is 1. The summed E-state index contributed by atoms with van der Waals surface area (Å²) in [6.07, 6.45) is 3.12. The maximum absolute atomic E-state index is 9.46. The number of phenolic OH excluding ortho intramolecular Hbond substituents is 1. The largest absolute Gasteiger partial charge is 0.508 e. The zero-order valence-electron chi connectivity index (χ0n) is 16.7. The van der Waals surface area contributed by atoms with Crippen molar-refractivity contribution in [2.75, 3.05) is 31.2 Å². The number of aromatic nitrogens is 3. The van der Waals surface area contributed by atoms with Crippen molar-refractivity contribution in [3.05, 3.63) is 66.0 Å². The molecule has 1 aromatic heterocycles. The summed E-state index contributed by atoms with van der Waals surface area (Å²) in [5.41, 5.74) is 9.09. The van der Waals surface area contributed by atoms with Gasteiger partial charge in [0.25, 0.3) is 0 Å². The highest BCUT2D eigenvalue weighted by molar-refractivity contribution is 5.67. The molecule has 0 aliphatic carbocycles. The number of nitrogens with one attached hydrogen (secondary N) is 1. The van der Waals surface area contributed by atoms with E-state index >= 15 is 0 Å². The number of rotatable bonds is 6. The topological polar surface area (TPSA) is 109 Å². The fourth-order valence-corrected chi connectivity index (χ4v) is 3.43. The van der Waals surface area contributed by atoms with Crippen LogP contribution in [0.3, 0.4) is 0 Å². The van der Waals surface area contributed by atoms with Crippen molar-refractivity contribution in [1.82, 2.24) is 19.9 Å². The smallest absolute Gasteiger partial charge is 0.232 e. The second kappa shape index (κ2) is 8.79. The Labute approximate surface area is 175 Å². The van der Waals surface area contributed by atoms with Crippen LogP contribution < -0.4 is 15.8 Å². The van der Waals surface area contributed by atoms with E-state index in [2.05, 4.69) is 31.2 Å². The SMILES string of the molecule is COc1ccccc1Nc1nc(N)nc(CN2CC=C(c3ccc(O)cc3)CC2)n1. The number of phenols is 1. The fourth-order valence-electron chi connectivity index (χ4n) is 3.43. The number of methoxy groups -OCH3 is 1. The van der Waals surface area contributed by atoms with Gasteiger partial charge in [-0.15, -0.1) is 0 Å². The summed E-state index contributed by atoms with van der Waals surface area (Å²) < 4.78 is 5.36. The number of anilines is 3. The Kier molecular flexibility index (Phi) is 5.76. The molecule has 8 heteroatoms. The lowest BCUT2D eigenvalue weighted by Crippen LogP contribution is -2.29.